The van der Waals surface area contributed by atoms with Crippen molar-refractivity contribution < 1.29 is 14.7 Å². The topological polar surface area (TPSA) is 54.4 Å². The third-order valence-electron chi connectivity index (χ3n) is 2.59. The lowest BCUT2D eigenvalue weighted by atomic mass is 10.0. The molecule has 0 heterocycles. The molecular formula is C14H8Cl2O3. The number of carboxylic acid groups (broad SMARTS) is 1. The molecular weight excluding hydrogens is 287 g/mol. The highest BCUT2D eigenvalue weighted by molar-refractivity contribution is 6.42. The van der Waals surface area contributed by atoms with Crippen molar-refractivity contribution in [3.05, 3.63) is 58.1 Å². The summed E-state index contributed by atoms with van der Waals surface area (Å²) in [5.41, 5.74) is 1.79. The SMILES string of the molecule is O=C(O)C(=O)c1ccc(-c2ccc(Cl)c(Cl)c2)cc1. The fraction of sp³-hybridized carbons (Fsp3) is 0. The van der Waals surface area contributed by atoms with Crippen molar-refractivity contribution in [2.75, 3.05) is 0 Å². The highest BCUT2D eigenvalue weighted by Crippen LogP contribution is 2.28. The number of carbonyl (C=O) groups excluding carboxylic acids is 1. The van der Waals surface area contributed by atoms with Gasteiger partial charge in [-0.1, -0.05) is 53.5 Å². The molecule has 0 aliphatic heterocycles. The summed E-state index contributed by atoms with van der Waals surface area (Å²) in [6.07, 6.45) is 0. The van der Waals surface area contributed by atoms with Crippen LogP contribution in [0.1, 0.15) is 10.4 Å². The van der Waals surface area contributed by atoms with Gasteiger partial charge in [0, 0.05) is 5.56 Å². The summed E-state index contributed by atoms with van der Waals surface area (Å²) in [5, 5.41) is 9.50. The molecule has 19 heavy (non-hydrogen) atoms. The fourth-order valence-corrected chi connectivity index (χ4v) is 1.91. The Balaban J connectivity index is 2.34. The van der Waals surface area contributed by atoms with Gasteiger partial charge in [0.15, 0.2) is 0 Å². The predicted octanol–water partition coefficient (Wildman–Crippen LogP) is 3.93. The second kappa shape index (κ2) is 5.43. The summed E-state index contributed by atoms with van der Waals surface area (Å²) in [7, 11) is 0. The molecule has 0 saturated heterocycles. The van der Waals surface area contributed by atoms with E-state index in [4.69, 9.17) is 28.3 Å². The van der Waals surface area contributed by atoms with Crippen LogP contribution in [0.4, 0.5) is 0 Å². The summed E-state index contributed by atoms with van der Waals surface area (Å²) in [4.78, 5) is 21.8. The van der Waals surface area contributed by atoms with Crippen LogP contribution in [-0.4, -0.2) is 16.9 Å². The van der Waals surface area contributed by atoms with Crippen LogP contribution < -0.4 is 0 Å². The lowest BCUT2D eigenvalue weighted by molar-refractivity contribution is -0.131. The summed E-state index contributed by atoms with van der Waals surface area (Å²) in [5.74, 6) is -2.40. The molecule has 0 aliphatic rings. The molecule has 3 nitrogen and oxygen atoms in total. The van der Waals surface area contributed by atoms with Crippen molar-refractivity contribution in [2.24, 2.45) is 0 Å². The Hall–Kier alpha value is -1.84. The number of benzene rings is 2. The van der Waals surface area contributed by atoms with Crippen LogP contribution in [0.5, 0.6) is 0 Å². The maximum absolute atomic E-state index is 11.3. The van der Waals surface area contributed by atoms with Crippen molar-refractivity contribution in [3.8, 4) is 11.1 Å². The van der Waals surface area contributed by atoms with Gasteiger partial charge in [0.25, 0.3) is 5.78 Å². The van der Waals surface area contributed by atoms with Gasteiger partial charge in [-0.15, -0.1) is 0 Å². The van der Waals surface area contributed by atoms with Gasteiger partial charge >= 0.3 is 5.97 Å². The zero-order valence-corrected chi connectivity index (χ0v) is 11.1. The van der Waals surface area contributed by atoms with E-state index >= 15 is 0 Å². The first kappa shape index (κ1) is 13.6. The monoisotopic (exact) mass is 294 g/mol. The van der Waals surface area contributed by atoms with Crippen molar-refractivity contribution >= 4 is 35.0 Å². The van der Waals surface area contributed by atoms with E-state index < -0.39 is 11.8 Å². The van der Waals surface area contributed by atoms with E-state index in [-0.39, 0.29) is 5.56 Å². The Bertz CT molecular complexity index is 648. The molecule has 0 saturated carbocycles. The van der Waals surface area contributed by atoms with Crippen molar-refractivity contribution in [2.45, 2.75) is 0 Å². The molecule has 0 unspecified atom stereocenters. The largest absolute Gasteiger partial charge is 0.475 e. The van der Waals surface area contributed by atoms with E-state index in [1.165, 1.54) is 12.1 Å². The summed E-state index contributed by atoms with van der Waals surface area (Å²) >= 11 is 11.8. The molecule has 2 rings (SSSR count). The van der Waals surface area contributed by atoms with E-state index in [9.17, 15) is 9.59 Å². The smallest absolute Gasteiger partial charge is 0.377 e. The van der Waals surface area contributed by atoms with Crippen molar-refractivity contribution in [1.29, 1.82) is 0 Å². The van der Waals surface area contributed by atoms with E-state index in [0.29, 0.717) is 10.0 Å². The predicted molar refractivity (Wildman–Crippen MR) is 73.9 cm³/mol. The summed E-state index contributed by atoms with van der Waals surface area (Å²) in [6.45, 7) is 0. The van der Waals surface area contributed by atoms with E-state index in [0.717, 1.165) is 11.1 Å². The van der Waals surface area contributed by atoms with Crippen LogP contribution in [0.25, 0.3) is 11.1 Å². The number of carbonyl (C=O) groups is 2. The van der Waals surface area contributed by atoms with Gasteiger partial charge < -0.3 is 5.11 Å². The molecule has 2 aromatic rings. The fourth-order valence-electron chi connectivity index (χ4n) is 1.61. The number of hydrogen-bond acceptors (Lipinski definition) is 2. The Labute approximate surface area is 119 Å². The number of Topliss-reactive ketones (excluding diaryl/α,β-unsaturated/α-hetero) is 1. The molecule has 0 fully saturated rings. The highest BCUT2D eigenvalue weighted by atomic mass is 35.5. The van der Waals surface area contributed by atoms with E-state index in [2.05, 4.69) is 0 Å². The third kappa shape index (κ3) is 2.95. The van der Waals surface area contributed by atoms with Crippen LogP contribution in [0.15, 0.2) is 42.5 Å². The van der Waals surface area contributed by atoms with Gasteiger partial charge in [-0.25, -0.2) is 4.79 Å². The normalized spacial score (nSPS) is 10.2. The maximum Gasteiger partial charge on any atom is 0.377 e. The third-order valence-corrected chi connectivity index (χ3v) is 3.33. The lowest BCUT2D eigenvalue weighted by Gasteiger charge is -2.04. The van der Waals surface area contributed by atoms with E-state index in [1.54, 1.807) is 30.3 Å². The molecule has 0 atom stereocenters. The van der Waals surface area contributed by atoms with Crippen LogP contribution in [0.2, 0.25) is 10.0 Å². The second-order valence-corrected chi connectivity index (χ2v) is 4.65. The number of ketones is 1. The van der Waals surface area contributed by atoms with Crippen LogP contribution in [0, 0.1) is 0 Å². The number of rotatable bonds is 3. The van der Waals surface area contributed by atoms with Gasteiger partial charge in [0.2, 0.25) is 0 Å². The Morgan fingerprint density at radius 1 is 0.842 bits per heavy atom. The van der Waals surface area contributed by atoms with Crippen LogP contribution in [-0.2, 0) is 4.79 Å². The number of hydrogen-bond donors (Lipinski definition) is 1. The molecule has 1 N–H and O–H groups in total. The maximum atomic E-state index is 11.3. The summed E-state index contributed by atoms with van der Waals surface area (Å²) < 4.78 is 0. The van der Waals surface area contributed by atoms with Gasteiger partial charge in [-0.05, 0) is 23.3 Å². The first-order chi connectivity index (χ1) is 8.99. The molecule has 0 spiro atoms. The van der Waals surface area contributed by atoms with Crippen LogP contribution in [0.3, 0.4) is 0 Å². The minimum absolute atomic E-state index is 0.135. The van der Waals surface area contributed by atoms with Gasteiger partial charge in [0.1, 0.15) is 0 Å². The highest BCUT2D eigenvalue weighted by Gasteiger charge is 2.14. The molecule has 0 amide bonds. The molecule has 0 bridgehead atoms. The van der Waals surface area contributed by atoms with Gasteiger partial charge in [-0.3, -0.25) is 4.79 Å². The number of aliphatic carboxylic acids is 1. The average Bonchev–Trinajstić information content (AvgIpc) is 2.41. The zero-order chi connectivity index (χ0) is 14.0. The Morgan fingerprint density at radius 3 is 1.95 bits per heavy atom. The molecule has 2 aromatic carbocycles. The first-order valence-electron chi connectivity index (χ1n) is 5.32. The lowest BCUT2D eigenvalue weighted by Crippen LogP contribution is -2.12. The first-order valence-corrected chi connectivity index (χ1v) is 6.08. The molecule has 96 valence electrons. The minimum atomic E-state index is -1.47. The number of halogens is 2. The zero-order valence-electron chi connectivity index (χ0n) is 9.56. The van der Waals surface area contributed by atoms with Crippen LogP contribution >= 0.6 is 23.2 Å². The van der Waals surface area contributed by atoms with E-state index in [1.807, 2.05) is 0 Å². The average molecular weight is 295 g/mol. The second-order valence-electron chi connectivity index (χ2n) is 3.84. The number of carboxylic acids is 1. The Kier molecular flexibility index (Phi) is 3.88. The minimum Gasteiger partial charge on any atom is -0.475 e. The molecule has 0 radical (unpaired) electrons. The van der Waals surface area contributed by atoms with Crippen molar-refractivity contribution in [3.63, 3.8) is 0 Å². The Morgan fingerprint density at radius 2 is 1.42 bits per heavy atom. The molecule has 0 aromatic heterocycles. The standard InChI is InChI=1S/C14H8Cl2O3/c15-11-6-5-10(7-12(11)16)8-1-3-9(4-2-8)13(17)14(18)19/h1-7H,(H,18,19). The van der Waals surface area contributed by atoms with Gasteiger partial charge in [-0.2, -0.15) is 0 Å². The quantitative estimate of drug-likeness (QED) is 0.689. The van der Waals surface area contributed by atoms with Gasteiger partial charge in [0.05, 0.1) is 10.0 Å². The molecule has 5 heteroatoms. The van der Waals surface area contributed by atoms with Crippen molar-refractivity contribution in [1.82, 2.24) is 0 Å². The summed E-state index contributed by atoms with van der Waals surface area (Å²) in [6, 6.07) is 11.4. The molecule has 0 aliphatic carbocycles.